The lowest BCUT2D eigenvalue weighted by molar-refractivity contribution is 0.570. The molecule has 0 bridgehead atoms. The predicted octanol–water partition coefficient (Wildman–Crippen LogP) is 3.04. The van der Waals surface area contributed by atoms with E-state index in [1.54, 1.807) is 0 Å². The van der Waals surface area contributed by atoms with Crippen molar-refractivity contribution < 1.29 is 5.11 Å². The minimum absolute atomic E-state index is 0.0281. The second kappa shape index (κ2) is 4.77. The lowest BCUT2D eigenvalue weighted by atomic mass is 10.0. The summed E-state index contributed by atoms with van der Waals surface area (Å²) < 4.78 is 0. The molecule has 0 unspecified atom stereocenters. The third kappa shape index (κ3) is 2.67. The summed E-state index contributed by atoms with van der Waals surface area (Å²) in [5.41, 5.74) is 1.84. The van der Waals surface area contributed by atoms with Gasteiger partial charge in [-0.3, -0.25) is 0 Å². The molecular formula is C11H12OS. The van der Waals surface area contributed by atoms with Crippen molar-refractivity contribution in [2.45, 2.75) is 12.8 Å². The zero-order valence-corrected chi connectivity index (χ0v) is 8.18. The van der Waals surface area contributed by atoms with Crippen LogP contribution in [0.1, 0.15) is 17.5 Å². The number of aryl methyl sites for hydroxylation is 1. The molecule has 0 aromatic heterocycles. The Hall–Kier alpha value is -1.15. The third-order valence-corrected chi connectivity index (χ3v) is 2.09. The van der Waals surface area contributed by atoms with Crippen molar-refractivity contribution in [1.82, 2.24) is 0 Å². The van der Waals surface area contributed by atoms with Crippen molar-refractivity contribution in [3.05, 3.63) is 48.0 Å². The lowest BCUT2D eigenvalue weighted by Gasteiger charge is -2.04. The SMILES string of the molecule is C=CCCc1ccccc1C(O)=S. The predicted molar refractivity (Wildman–Crippen MR) is 59.3 cm³/mol. The molecule has 0 aliphatic carbocycles. The van der Waals surface area contributed by atoms with Gasteiger partial charge in [0.25, 0.3) is 0 Å². The number of hydrogen-bond acceptors (Lipinski definition) is 1. The van der Waals surface area contributed by atoms with Crippen LogP contribution in [0.2, 0.25) is 0 Å². The van der Waals surface area contributed by atoms with Crippen LogP contribution in [0.4, 0.5) is 0 Å². The van der Waals surface area contributed by atoms with Gasteiger partial charge in [0.05, 0.1) is 0 Å². The van der Waals surface area contributed by atoms with E-state index in [2.05, 4.69) is 6.58 Å². The number of allylic oxidation sites excluding steroid dienone is 1. The maximum atomic E-state index is 9.21. The molecule has 1 aromatic carbocycles. The molecule has 68 valence electrons. The molecule has 1 N–H and O–H groups in total. The Kier molecular flexibility index (Phi) is 3.65. The van der Waals surface area contributed by atoms with Gasteiger partial charge in [-0.05, 0) is 30.6 Å². The molecule has 1 aromatic rings. The average Bonchev–Trinajstić information content (AvgIpc) is 2.15. The number of thiocarbonyl (C=S) groups is 1. The van der Waals surface area contributed by atoms with Gasteiger partial charge < -0.3 is 5.11 Å². The monoisotopic (exact) mass is 192 g/mol. The second-order valence-corrected chi connectivity index (χ2v) is 3.18. The van der Waals surface area contributed by atoms with E-state index in [1.807, 2.05) is 30.3 Å². The highest BCUT2D eigenvalue weighted by Gasteiger charge is 2.03. The van der Waals surface area contributed by atoms with Gasteiger partial charge in [-0.25, -0.2) is 0 Å². The van der Waals surface area contributed by atoms with Crippen LogP contribution in [0, 0.1) is 0 Å². The fourth-order valence-electron chi connectivity index (χ4n) is 1.20. The Morgan fingerprint density at radius 1 is 1.46 bits per heavy atom. The molecule has 2 heteroatoms. The Labute approximate surface area is 83.7 Å². The van der Waals surface area contributed by atoms with E-state index in [0.29, 0.717) is 0 Å². The summed E-state index contributed by atoms with van der Waals surface area (Å²) in [4.78, 5) is 0. The van der Waals surface area contributed by atoms with Crippen LogP contribution < -0.4 is 0 Å². The van der Waals surface area contributed by atoms with E-state index in [9.17, 15) is 5.11 Å². The quantitative estimate of drug-likeness (QED) is 0.584. The first-order valence-electron chi connectivity index (χ1n) is 4.18. The molecule has 0 heterocycles. The summed E-state index contributed by atoms with van der Waals surface area (Å²) >= 11 is 4.73. The average molecular weight is 192 g/mol. The van der Waals surface area contributed by atoms with Crippen molar-refractivity contribution in [2.75, 3.05) is 0 Å². The number of aliphatic hydroxyl groups is 1. The first-order chi connectivity index (χ1) is 6.25. The first-order valence-corrected chi connectivity index (χ1v) is 4.58. The summed E-state index contributed by atoms with van der Waals surface area (Å²) in [6.45, 7) is 3.65. The number of hydrogen-bond donors (Lipinski definition) is 1. The zero-order valence-electron chi connectivity index (χ0n) is 7.36. The van der Waals surface area contributed by atoms with Crippen LogP contribution >= 0.6 is 12.2 Å². The molecule has 0 saturated heterocycles. The van der Waals surface area contributed by atoms with Crippen molar-refractivity contribution >= 4 is 17.3 Å². The van der Waals surface area contributed by atoms with E-state index in [-0.39, 0.29) is 5.05 Å². The summed E-state index contributed by atoms with van der Waals surface area (Å²) in [6, 6.07) is 7.62. The molecule has 0 atom stereocenters. The van der Waals surface area contributed by atoms with Gasteiger partial charge in [0.2, 0.25) is 0 Å². The minimum atomic E-state index is -0.0281. The van der Waals surface area contributed by atoms with Crippen molar-refractivity contribution in [3.8, 4) is 0 Å². The van der Waals surface area contributed by atoms with E-state index in [4.69, 9.17) is 12.2 Å². The van der Waals surface area contributed by atoms with Gasteiger partial charge in [-0.1, -0.05) is 30.3 Å². The molecule has 0 radical (unpaired) electrons. The zero-order chi connectivity index (χ0) is 9.68. The van der Waals surface area contributed by atoms with Gasteiger partial charge >= 0.3 is 0 Å². The Balaban J connectivity index is 2.90. The molecule has 0 aliphatic rings. The Bertz CT molecular complexity index is 318. The molecule has 1 nitrogen and oxygen atoms in total. The van der Waals surface area contributed by atoms with Crippen LogP contribution in [0.15, 0.2) is 36.9 Å². The molecule has 13 heavy (non-hydrogen) atoms. The Morgan fingerprint density at radius 2 is 2.15 bits per heavy atom. The second-order valence-electron chi connectivity index (χ2n) is 2.79. The number of rotatable bonds is 4. The van der Waals surface area contributed by atoms with Crippen LogP contribution in [-0.4, -0.2) is 10.2 Å². The van der Waals surface area contributed by atoms with Crippen LogP contribution in [-0.2, 0) is 6.42 Å². The largest absolute Gasteiger partial charge is 0.499 e. The van der Waals surface area contributed by atoms with Crippen LogP contribution in [0.3, 0.4) is 0 Å². The molecule has 1 rings (SSSR count). The van der Waals surface area contributed by atoms with E-state index in [0.717, 1.165) is 24.0 Å². The summed E-state index contributed by atoms with van der Waals surface area (Å²) in [6.07, 6.45) is 3.64. The lowest BCUT2D eigenvalue weighted by Crippen LogP contribution is -2.00. The van der Waals surface area contributed by atoms with E-state index < -0.39 is 0 Å². The Morgan fingerprint density at radius 3 is 2.77 bits per heavy atom. The van der Waals surface area contributed by atoms with Gasteiger partial charge in [0.1, 0.15) is 0 Å². The van der Waals surface area contributed by atoms with Crippen molar-refractivity contribution in [3.63, 3.8) is 0 Å². The highest BCUT2D eigenvalue weighted by atomic mass is 32.1. The normalized spacial score (nSPS) is 9.54. The molecule has 0 aliphatic heterocycles. The van der Waals surface area contributed by atoms with Gasteiger partial charge in [0.15, 0.2) is 5.05 Å². The van der Waals surface area contributed by atoms with Crippen molar-refractivity contribution in [2.24, 2.45) is 0 Å². The van der Waals surface area contributed by atoms with Crippen LogP contribution in [0.5, 0.6) is 0 Å². The smallest absolute Gasteiger partial charge is 0.188 e. The third-order valence-electron chi connectivity index (χ3n) is 1.87. The molecule has 0 fully saturated rings. The van der Waals surface area contributed by atoms with Gasteiger partial charge in [-0.15, -0.1) is 6.58 Å². The summed E-state index contributed by atoms with van der Waals surface area (Å²) in [5, 5.41) is 9.18. The van der Waals surface area contributed by atoms with E-state index >= 15 is 0 Å². The number of aliphatic hydroxyl groups excluding tert-OH is 1. The maximum Gasteiger partial charge on any atom is 0.188 e. The topological polar surface area (TPSA) is 20.2 Å². The standard InChI is InChI=1S/C11H12OS/c1-2-3-6-9-7-4-5-8-10(9)11(12)13/h2,4-5,7-8H,1,3,6H2,(H,12,13). The molecular weight excluding hydrogens is 180 g/mol. The van der Waals surface area contributed by atoms with E-state index in [1.165, 1.54) is 0 Å². The van der Waals surface area contributed by atoms with Crippen LogP contribution in [0.25, 0.3) is 0 Å². The van der Waals surface area contributed by atoms with Crippen molar-refractivity contribution in [1.29, 1.82) is 0 Å². The molecule has 0 saturated carbocycles. The maximum absolute atomic E-state index is 9.21. The molecule has 0 amide bonds. The highest BCUT2D eigenvalue weighted by molar-refractivity contribution is 7.80. The van der Waals surface area contributed by atoms with Gasteiger partial charge in [0, 0.05) is 5.56 Å². The summed E-state index contributed by atoms with van der Waals surface area (Å²) in [5.74, 6) is 0. The molecule has 0 spiro atoms. The minimum Gasteiger partial charge on any atom is -0.499 e. The fraction of sp³-hybridized carbons (Fsp3) is 0.182. The fourth-order valence-corrected chi connectivity index (χ4v) is 1.40. The number of benzene rings is 1. The first kappa shape index (κ1) is 9.93. The van der Waals surface area contributed by atoms with Gasteiger partial charge in [-0.2, -0.15) is 0 Å². The highest BCUT2D eigenvalue weighted by Crippen LogP contribution is 2.11. The summed E-state index contributed by atoms with van der Waals surface area (Å²) in [7, 11) is 0.